The van der Waals surface area contributed by atoms with E-state index in [9.17, 15) is 8.42 Å². The lowest BCUT2D eigenvalue weighted by atomic mass is 10.4. The summed E-state index contributed by atoms with van der Waals surface area (Å²) < 4.78 is 24.1. The predicted octanol–water partition coefficient (Wildman–Crippen LogP) is -0.666. The Morgan fingerprint density at radius 1 is 1.20 bits per heavy atom. The standard InChI is InChI=1S/C8H19N3O2S.ClH/c1-14(12,13)11-5-2-4-10(6-3-9)7-8-11;/h2-9H2,1H3;1H. The van der Waals surface area contributed by atoms with Gasteiger partial charge in [0.1, 0.15) is 0 Å². The molecule has 1 rings (SSSR count). The van der Waals surface area contributed by atoms with Gasteiger partial charge in [-0.1, -0.05) is 0 Å². The molecule has 1 fully saturated rings. The molecule has 7 heteroatoms. The Hall–Kier alpha value is 0.120. The maximum absolute atomic E-state index is 11.3. The second-order valence-electron chi connectivity index (χ2n) is 3.65. The highest BCUT2D eigenvalue weighted by Crippen LogP contribution is 2.05. The van der Waals surface area contributed by atoms with Gasteiger partial charge >= 0.3 is 0 Å². The van der Waals surface area contributed by atoms with Crippen molar-refractivity contribution in [1.29, 1.82) is 0 Å². The van der Waals surface area contributed by atoms with Crippen LogP contribution >= 0.6 is 12.4 Å². The average molecular weight is 258 g/mol. The summed E-state index contributed by atoms with van der Waals surface area (Å²) in [6, 6.07) is 0. The molecule has 0 bridgehead atoms. The molecular formula is C8H20ClN3O2S. The highest BCUT2D eigenvalue weighted by atomic mass is 35.5. The molecule has 0 radical (unpaired) electrons. The van der Waals surface area contributed by atoms with Crippen molar-refractivity contribution in [2.45, 2.75) is 6.42 Å². The van der Waals surface area contributed by atoms with E-state index < -0.39 is 10.0 Å². The highest BCUT2D eigenvalue weighted by molar-refractivity contribution is 7.88. The summed E-state index contributed by atoms with van der Waals surface area (Å²) in [6.45, 7) is 4.47. The van der Waals surface area contributed by atoms with Crippen LogP contribution < -0.4 is 5.73 Å². The van der Waals surface area contributed by atoms with E-state index in [1.807, 2.05) is 0 Å². The molecule has 0 aliphatic carbocycles. The van der Waals surface area contributed by atoms with Crippen LogP contribution in [0.3, 0.4) is 0 Å². The minimum atomic E-state index is -3.01. The van der Waals surface area contributed by atoms with E-state index in [4.69, 9.17) is 5.73 Å². The van der Waals surface area contributed by atoms with Gasteiger partial charge in [0.15, 0.2) is 0 Å². The third-order valence-corrected chi connectivity index (χ3v) is 3.77. The monoisotopic (exact) mass is 257 g/mol. The van der Waals surface area contributed by atoms with Crippen LogP contribution in [0.15, 0.2) is 0 Å². The Morgan fingerprint density at radius 3 is 2.40 bits per heavy atom. The van der Waals surface area contributed by atoms with Crippen LogP contribution in [-0.2, 0) is 10.0 Å². The minimum absolute atomic E-state index is 0. The molecule has 0 spiro atoms. The van der Waals surface area contributed by atoms with Gasteiger partial charge in [0.2, 0.25) is 10.0 Å². The zero-order valence-corrected chi connectivity index (χ0v) is 10.7. The molecule has 1 aliphatic heterocycles. The van der Waals surface area contributed by atoms with Crippen molar-refractivity contribution in [2.75, 3.05) is 45.5 Å². The van der Waals surface area contributed by atoms with Gasteiger partial charge in [0.05, 0.1) is 6.26 Å². The number of hydrogen-bond donors (Lipinski definition) is 1. The summed E-state index contributed by atoms with van der Waals surface area (Å²) in [7, 11) is -3.01. The summed E-state index contributed by atoms with van der Waals surface area (Å²) in [4.78, 5) is 2.21. The van der Waals surface area contributed by atoms with E-state index in [2.05, 4.69) is 4.90 Å². The van der Waals surface area contributed by atoms with Crippen molar-refractivity contribution in [3.05, 3.63) is 0 Å². The Labute approximate surface area is 98.1 Å². The molecule has 0 aromatic rings. The average Bonchev–Trinajstić information content (AvgIpc) is 2.29. The van der Waals surface area contributed by atoms with Gasteiger partial charge < -0.3 is 10.6 Å². The zero-order chi connectivity index (χ0) is 10.6. The number of sulfonamides is 1. The lowest BCUT2D eigenvalue weighted by Gasteiger charge is -2.19. The van der Waals surface area contributed by atoms with Crippen molar-refractivity contribution in [2.24, 2.45) is 5.73 Å². The SMILES string of the molecule is CS(=O)(=O)N1CCCN(CCN)CC1.Cl. The minimum Gasteiger partial charge on any atom is -0.329 e. The third kappa shape index (κ3) is 5.12. The largest absolute Gasteiger partial charge is 0.329 e. The first kappa shape index (κ1) is 15.1. The van der Waals surface area contributed by atoms with E-state index >= 15 is 0 Å². The first-order valence-corrected chi connectivity index (χ1v) is 6.76. The topological polar surface area (TPSA) is 66.6 Å². The molecular weight excluding hydrogens is 238 g/mol. The summed E-state index contributed by atoms with van der Waals surface area (Å²) in [5, 5.41) is 0. The molecule has 0 atom stereocenters. The normalized spacial score (nSPS) is 20.7. The Morgan fingerprint density at radius 2 is 1.87 bits per heavy atom. The fourth-order valence-electron chi connectivity index (χ4n) is 1.69. The third-order valence-electron chi connectivity index (χ3n) is 2.46. The second kappa shape index (κ2) is 6.65. The van der Waals surface area contributed by atoms with E-state index in [0.29, 0.717) is 19.6 Å². The quantitative estimate of drug-likeness (QED) is 0.729. The van der Waals surface area contributed by atoms with Crippen LogP contribution in [0, 0.1) is 0 Å². The number of halogens is 1. The van der Waals surface area contributed by atoms with Crippen LogP contribution in [0.25, 0.3) is 0 Å². The predicted molar refractivity (Wildman–Crippen MR) is 63.8 cm³/mol. The summed E-state index contributed by atoms with van der Waals surface area (Å²) in [5.41, 5.74) is 5.46. The lowest BCUT2D eigenvalue weighted by molar-refractivity contribution is 0.294. The van der Waals surface area contributed by atoms with Gasteiger partial charge in [-0.15, -0.1) is 12.4 Å². The Kier molecular flexibility index (Phi) is 6.70. The Bertz CT molecular complexity index is 271. The first-order valence-electron chi connectivity index (χ1n) is 4.91. The molecule has 15 heavy (non-hydrogen) atoms. The number of hydrogen-bond acceptors (Lipinski definition) is 4. The number of nitrogens with two attached hydrogens (primary N) is 1. The molecule has 1 saturated heterocycles. The van der Waals surface area contributed by atoms with Crippen LogP contribution in [0.1, 0.15) is 6.42 Å². The summed E-state index contributed by atoms with van der Waals surface area (Å²) >= 11 is 0. The van der Waals surface area contributed by atoms with Crippen molar-refractivity contribution >= 4 is 22.4 Å². The molecule has 1 heterocycles. The van der Waals surface area contributed by atoms with E-state index in [1.165, 1.54) is 6.26 Å². The van der Waals surface area contributed by atoms with Crippen molar-refractivity contribution in [1.82, 2.24) is 9.21 Å². The summed E-state index contributed by atoms with van der Waals surface area (Å²) in [6.07, 6.45) is 2.17. The van der Waals surface area contributed by atoms with Gasteiger partial charge in [0, 0.05) is 32.7 Å². The van der Waals surface area contributed by atoms with Gasteiger partial charge in [-0.05, 0) is 13.0 Å². The van der Waals surface area contributed by atoms with Crippen molar-refractivity contribution < 1.29 is 8.42 Å². The van der Waals surface area contributed by atoms with Crippen LogP contribution in [-0.4, -0.2) is 63.1 Å². The fourth-order valence-corrected chi connectivity index (χ4v) is 2.56. The van der Waals surface area contributed by atoms with Crippen LogP contribution in [0.2, 0.25) is 0 Å². The number of nitrogens with zero attached hydrogens (tertiary/aromatic N) is 2. The van der Waals surface area contributed by atoms with Gasteiger partial charge in [-0.25, -0.2) is 12.7 Å². The van der Waals surface area contributed by atoms with E-state index in [0.717, 1.165) is 26.1 Å². The smallest absolute Gasteiger partial charge is 0.211 e. The molecule has 0 aromatic heterocycles. The highest BCUT2D eigenvalue weighted by Gasteiger charge is 2.20. The molecule has 0 aromatic carbocycles. The van der Waals surface area contributed by atoms with Crippen LogP contribution in [0.5, 0.6) is 0 Å². The molecule has 2 N–H and O–H groups in total. The lowest BCUT2D eigenvalue weighted by Crippen LogP contribution is -2.36. The number of rotatable bonds is 3. The van der Waals surface area contributed by atoms with E-state index in [-0.39, 0.29) is 12.4 Å². The second-order valence-corrected chi connectivity index (χ2v) is 5.63. The first-order chi connectivity index (χ1) is 6.54. The van der Waals surface area contributed by atoms with E-state index in [1.54, 1.807) is 4.31 Å². The molecule has 0 saturated carbocycles. The van der Waals surface area contributed by atoms with Crippen LogP contribution in [0.4, 0.5) is 0 Å². The maximum Gasteiger partial charge on any atom is 0.211 e. The molecule has 0 amide bonds. The van der Waals surface area contributed by atoms with Gasteiger partial charge in [-0.2, -0.15) is 0 Å². The van der Waals surface area contributed by atoms with Gasteiger partial charge in [-0.3, -0.25) is 0 Å². The Balaban J connectivity index is 0.00000196. The van der Waals surface area contributed by atoms with Crippen molar-refractivity contribution in [3.8, 4) is 0 Å². The maximum atomic E-state index is 11.3. The van der Waals surface area contributed by atoms with Crippen molar-refractivity contribution in [3.63, 3.8) is 0 Å². The zero-order valence-electron chi connectivity index (χ0n) is 9.05. The molecule has 92 valence electrons. The summed E-state index contributed by atoms with van der Waals surface area (Å²) in [5.74, 6) is 0. The molecule has 5 nitrogen and oxygen atoms in total. The molecule has 1 aliphatic rings. The fraction of sp³-hybridized carbons (Fsp3) is 1.00. The molecule has 0 unspecified atom stereocenters. The van der Waals surface area contributed by atoms with Gasteiger partial charge in [0.25, 0.3) is 0 Å².